The average molecular weight is 228 g/mol. The van der Waals surface area contributed by atoms with Crippen LogP contribution in [0.3, 0.4) is 0 Å². The number of hydrogen-bond acceptors (Lipinski definition) is 2. The highest BCUT2D eigenvalue weighted by molar-refractivity contribution is 5.85. The van der Waals surface area contributed by atoms with Crippen LogP contribution in [0.25, 0.3) is 10.8 Å². The van der Waals surface area contributed by atoms with Crippen molar-refractivity contribution in [2.24, 2.45) is 5.73 Å². The van der Waals surface area contributed by atoms with E-state index >= 15 is 0 Å². The zero-order valence-electron chi connectivity index (χ0n) is 10.6. The third-order valence-corrected chi connectivity index (χ3v) is 3.09. The summed E-state index contributed by atoms with van der Waals surface area (Å²) in [7, 11) is 2.12. The molecule has 0 spiro atoms. The number of rotatable bonds is 4. The molecule has 0 aliphatic rings. The quantitative estimate of drug-likeness (QED) is 0.871. The minimum absolute atomic E-state index is 0.262. The van der Waals surface area contributed by atoms with Crippen molar-refractivity contribution >= 4 is 16.5 Å². The summed E-state index contributed by atoms with van der Waals surface area (Å²) in [6.45, 7) is 3.05. The molecule has 0 radical (unpaired) electrons. The average Bonchev–Trinajstić information content (AvgIpc) is 2.35. The molecule has 0 heterocycles. The summed E-state index contributed by atoms with van der Waals surface area (Å²) >= 11 is 0. The highest BCUT2D eigenvalue weighted by Crippen LogP contribution is 2.21. The third kappa shape index (κ3) is 2.98. The first kappa shape index (κ1) is 11.9. The fraction of sp³-hybridized carbons (Fsp3) is 0.333. The molecule has 0 aliphatic heterocycles. The van der Waals surface area contributed by atoms with Crippen molar-refractivity contribution in [3.8, 4) is 0 Å². The summed E-state index contributed by atoms with van der Waals surface area (Å²) in [6.07, 6.45) is 1.02. The molecular formula is C15H20N2. The van der Waals surface area contributed by atoms with Crippen molar-refractivity contribution in [2.45, 2.75) is 19.4 Å². The predicted molar refractivity (Wildman–Crippen MR) is 75.5 cm³/mol. The van der Waals surface area contributed by atoms with Gasteiger partial charge in [0.05, 0.1) is 0 Å². The number of hydrogen-bond donors (Lipinski definition) is 1. The van der Waals surface area contributed by atoms with E-state index in [4.69, 9.17) is 5.73 Å². The molecule has 0 saturated heterocycles. The van der Waals surface area contributed by atoms with Gasteiger partial charge in [-0.3, -0.25) is 0 Å². The SMILES string of the molecule is CC(N)CCN(C)c1ccc2ccccc2c1. The minimum Gasteiger partial charge on any atom is -0.375 e. The van der Waals surface area contributed by atoms with Crippen LogP contribution in [-0.4, -0.2) is 19.6 Å². The number of anilines is 1. The minimum atomic E-state index is 0.262. The van der Waals surface area contributed by atoms with Gasteiger partial charge >= 0.3 is 0 Å². The van der Waals surface area contributed by atoms with Crippen molar-refractivity contribution in [2.75, 3.05) is 18.5 Å². The molecule has 0 fully saturated rings. The van der Waals surface area contributed by atoms with Gasteiger partial charge in [0.1, 0.15) is 0 Å². The largest absolute Gasteiger partial charge is 0.375 e. The lowest BCUT2D eigenvalue weighted by Crippen LogP contribution is -2.25. The van der Waals surface area contributed by atoms with Crippen LogP contribution in [0.4, 0.5) is 5.69 Å². The Morgan fingerprint density at radius 2 is 1.82 bits per heavy atom. The second kappa shape index (κ2) is 5.19. The van der Waals surface area contributed by atoms with Gasteiger partial charge in [0.25, 0.3) is 0 Å². The molecule has 2 N–H and O–H groups in total. The molecule has 17 heavy (non-hydrogen) atoms. The van der Waals surface area contributed by atoms with Crippen LogP contribution in [-0.2, 0) is 0 Å². The maximum absolute atomic E-state index is 5.78. The molecule has 0 amide bonds. The van der Waals surface area contributed by atoms with Gasteiger partial charge in [0.15, 0.2) is 0 Å². The Labute approximate surface area is 103 Å². The third-order valence-electron chi connectivity index (χ3n) is 3.09. The van der Waals surface area contributed by atoms with Gasteiger partial charge in [-0.05, 0) is 36.2 Å². The van der Waals surface area contributed by atoms with E-state index in [9.17, 15) is 0 Å². The number of nitrogens with two attached hydrogens (primary N) is 1. The Hall–Kier alpha value is -1.54. The molecule has 2 aromatic rings. The van der Waals surface area contributed by atoms with E-state index in [0.29, 0.717) is 0 Å². The zero-order valence-corrected chi connectivity index (χ0v) is 10.6. The molecule has 0 aromatic heterocycles. The summed E-state index contributed by atoms with van der Waals surface area (Å²) in [5, 5.41) is 2.58. The molecule has 0 bridgehead atoms. The monoisotopic (exact) mass is 228 g/mol. The highest BCUT2D eigenvalue weighted by atomic mass is 15.1. The Balaban J connectivity index is 2.18. The summed E-state index contributed by atoms with van der Waals surface area (Å²) < 4.78 is 0. The molecule has 2 nitrogen and oxygen atoms in total. The number of benzene rings is 2. The first-order valence-corrected chi connectivity index (χ1v) is 6.12. The fourth-order valence-corrected chi connectivity index (χ4v) is 1.94. The fourth-order valence-electron chi connectivity index (χ4n) is 1.94. The molecule has 0 saturated carbocycles. The van der Waals surface area contributed by atoms with Crippen molar-refractivity contribution in [3.63, 3.8) is 0 Å². The lowest BCUT2D eigenvalue weighted by molar-refractivity contribution is 0.659. The standard InChI is InChI=1S/C15H20N2/c1-12(16)9-10-17(2)15-8-7-13-5-3-4-6-14(13)11-15/h3-8,11-12H,9-10,16H2,1-2H3. The van der Waals surface area contributed by atoms with Crippen LogP contribution in [0.2, 0.25) is 0 Å². The van der Waals surface area contributed by atoms with Gasteiger partial charge in [0.2, 0.25) is 0 Å². The molecule has 0 aliphatic carbocycles. The van der Waals surface area contributed by atoms with E-state index in [1.54, 1.807) is 0 Å². The van der Waals surface area contributed by atoms with Crippen LogP contribution in [0.15, 0.2) is 42.5 Å². The summed E-state index contributed by atoms with van der Waals surface area (Å²) in [5.74, 6) is 0. The van der Waals surface area contributed by atoms with Gasteiger partial charge < -0.3 is 10.6 Å². The van der Waals surface area contributed by atoms with Crippen LogP contribution >= 0.6 is 0 Å². The van der Waals surface area contributed by atoms with Gasteiger partial charge in [0, 0.05) is 25.3 Å². The Morgan fingerprint density at radius 3 is 2.53 bits per heavy atom. The first-order chi connectivity index (χ1) is 8.16. The van der Waals surface area contributed by atoms with Crippen molar-refractivity contribution in [3.05, 3.63) is 42.5 Å². The summed E-state index contributed by atoms with van der Waals surface area (Å²) in [4.78, 5) is 2.26. The van der Waals surface area contributed by atoms with Gasteiger partial charge in [-0.2, -0.15) is 0 Å². The molecule has 2 aromatic carbocycles. The second-order valence-electron chi connectivity index (χ2n) is 4.72. The second-order valence-corrected chi connectivity index (χ2v) is 4.72. The van der Waals surface area contributed by atoms with Gasteiger partial charge in [-0.15, -0.1) is 0 Å². The molecule has 1 unspecified atom stereocenters. The van der Waals surface area contributed by atoms with Crippen molar-refractivity contribution in [1.29, 1.82) is 0 Å². The lowest BCUT2D eigenvalue weighted by atomic mass is 10.1. The Bertz CT molecular complexity index is 491. The molecule has 90 valence electrons. The number of fused-ring (bicyclic) bond motifs is 1. The lowest BCUT2D eigenvalue weighted by Gasteiger charge is -2.20. The van der Waals surface area contributed by atoms with Crippen LogP contribution in [0, 0.1) is 0 Å². The molecule has 2 heteroatoms. The van der Waals surface area contributed by atoms with E-state index in [1.165, 1.54) is 16.5 Å². The topological polar surface area (TPSA) is 29.3 Å². The van der Waals surface area contributed by atoms with E-state index in [-0.39, 0.29) is 6.04 Å². The van der Waals surface area contributed by atoms with E-state index < -0.39 is 0 Å². The Kier molecular flexibility index (Phi) is 3.64. The van der Waals surface area contributed by atoms with Crippen molar-refractivity contribution < 1.29 is 0 Å². The number of nitrogens with zero attached hydrogens (tertiary/aromatic N) is 1. The van der Waals surface area contributed by atoms with Gasteiger partial charge in [-0.1, -0.05) is 30.3 Å². The smallest absolute Gasteiger partial charge is 0.0370 e. The molecule has 2 rings (SSSR count). The van der Waals surface area contributed by atoms with E-state index in [1.807, 2.05) is 6.92 Å². The van der Waals surface area contributed by atoms with Gasteiger partial charge in [-0.25, -0.2) is 0 Å². The highest BCUT2D eigenvalue weighted by Gasteiger charge is 2.03. The summed E-state index contributed by atoms with van der Waals surface area (Å²) in [6, 6.07) is 15.3. The van der Waals surface area contributed by atoms with Crippen molar-refractivity contribution in [1.82, 2.24) is 0 Å². The molecule has 1 atom stereocenters. The first-order valence-electron chi connectivity index (χ1n) is 6.12. The molecular weight excluding hydrogens is 208 g/mol. The predicted octanol–water partition coefficient (Wildman–Crippen LogP) is 3.01. The van der Waals surface area contributed by atoms with E-state index in [2.05, 4.69) is 54.4 Å². The normalized spacial score (nSPS) is 12.6. The van der Waals surface area contributed by atoms with E-state index in [0.717, 1.165) is 13.0 Å². The maximum atomic E-state index is 5.78. The zero-order chi connectivity index (χ0) is 12.3. The summed E-state index contributed by atoms with van der Waals surface area (Å²) in [5.41, 5.74) is 7.04. The Morgan fingerprint density at radius 1 is 1.12 bits per heavy atom. The van der Waals surface area contributed by atoms with Crippen LogP contribution in [0.1, 0.15) is 13.3 Å². The van der Waals surface area contributed by atoms with Crippen LogP contribution < -0.4 is 10.6 Å². The maximum Gasteiger partial charge on any atom is 0.0370 e. The van der Waals surface area contributed by atoms with Crippen LogP contribution in [0.5, 0.6) is 0 Å².